The lowest BCUT2D eigenvalue weighted by Crippen LogP contribution is -2.45. The molecule has 2 atom stereocenters. The minimum atomic E-state index is -0.336. The van der Waals surface area contributed by atoms with E-state index in [1.165, 1.54) is 77.9 Å². The first-order chi connectivity index (χ1) is 24.4. The fraction of sp³-hybridized carbons (Fsp3) is 0.229. The van der Waals surface area contributed by atoms with Crippen molar-refractivity contribution in [1.82, 2.24) is 4.57 Å². The fourth-order valence-electron chi connectivity index (χ4n) is 10.4. The van der Waals surface area contributed by atoms with E-state index in [4.69, 9.17) is 0 Å². The lowest BCUT2D eigenvalue weighted by molar-refractivity contribution is 0.320. The van der Waals surface area contributed by atoms with Gasteiger partial charge < -0.3 is 4.57 Å². The van der Waals surface area contributed by atoms with Gasteiger partial charge in [-0.1, -0.05) is 136 Å². The molecule has 2 heterocycles. The van der Waals surface area contributed by atoms with Gasteiger partial charge in [-0.2, -0.15) is 5.26 Å². The van der Waals surface area contributed by atoms with Crippen molar-refractivity contribution < 1.29 is 0 Å². The molecule has 0 amide bonds. The van der Waals surface area contributed by atoms with E-state index < -0.39 is 0 Å². The summed E-state index contributed by atoms with van der Waals surface area (Å²) in [5.41, 5.74) is 18.1. The first-order valence-corrected chi connectivity index (χ1v) is 18.2. The summed E-state index contributed by atoms with van der Waals surface area (Å²) in [4.78, 5) is 0. The highest BCUT2D eigenvalue weighted by Crippen LogP contribution is 2.70. The van der Waals surface area contributed by atoms with Crippen LogP contribution in [0.1, 0.15) is 90.2 Å². The molecule has 0 N–H and O–H groups in total. The van der Waals surface area contributed by atoms with E-state index in [-0.39, 0.29) is 16.2 Å². The van der Waals surface area contributed by atoms with Gasteiger partial charge in [0.15, 0.2) is 0 Å². The van der Waals surface area contributed by atoms with Gasteiger partial charge in [0.05, 0.1) is 22.7 Å². The highest BCUT2D eigenvalue weighted by Gasteiger charge is 2.62. The molecule has 0 bridgehead atoms. The molecule has 5 aliphatic rings. The molecule has 242 valence electrons. The van der Waals surface area contributed by atoms with Gasteiger partial charge in [-0.3, -0.25) is 0 Å². The molecule has 1 aliphatic heterocycles. The van der Waals surface area contributed by atoms with E-state index in [9.17, 15) is 5.26 Å². The van der Waals surface area contributed by atoms with Crippen LogP contribution in [0.5, 0.6) is 0 Å². The normalized spacial score (nSPS) is 25.3. The van der Waals surface area contributed by atoms with Crippen LogP contribution in [0.4, 0.5) is 0 Å². The highest BCUT2D eigenvalue weighted by atomic mass is 15.0. The summed E-state index contributed by atoms with van der Waals surface area (Å²) in [6.07, 6.45) is 20.7. The van der Waals surface area contributed by atoms with Gasteiger partial charge >= 0.3 is 0 Å². The number of fused-ring (bicyclic) bond motifs is 13. The summed E-state index contributed by atoms with van der Waals surface area (Å²) in [5.74, 6) is 0. The van der Waals surface area contributed by atoms with Gasteiger partial charge in [0.2, 0.25) is 0 Å². The lowest BCUT2D eigenvalue weighted by atomic mass is 9.53. The quantitative estimate of drug-likeness (QED) is 0.178. The minimum absolute atomic E-state index is 0.0892. The maximum Gasteiger partial charge on any atom is 0.0988 e. The fourth-order valence-corrected chi connectivity index (χ4v) is 10.4. The number of rotatable bonds is 1. The summed E-state index contributed by atoms with van der Waals surface area (Å²) in [5, 5.41) is 11.0. The van der Waals surface area contributed by atoms with Crippen molar-refractivity contribution in [2.24, 2.45) is 5.41 Å². The summed E-state index contributed by atoms with van der Waals surface area (Å²) in [6.45, 7) is 7.18. The van der Waals surface area contributed by atoms with Crippen molar-refractivity contribution in [3.8, 4) is 11.8 Å². The van der Waals surface area contributed by atoms with Crippen LogP contribution in [0.3, 0.4) is 0 Å². The third-order valence-corrected chi connectivity index (χ3v) is 12.8. The number of aromatic nitrogens is 1. The topological polar surface area (TPSA) is 28.7 Å². The summed E-state index contributed by atoms with van der Waals surface area (Å²) >= 11 is 0. The van der Waals surface area contributed by atoms with Crippen molar-refractivity contribution in [3.63, 3.8) is 0 Å². The van der Waals surface area contributed by atoms with Crippen LogP contribution >= 0.6 is 0 Å². The Balaban J connectivity index is 1.19. The maximum absolute atomic E-state index is 9.65. The van der Waals surface area contributed by atoms with E-state index in [1.54, 1.807) is 0 Å². The van der Waals surface area contributed by atoms with E-state index in [0.29, 0.717) is 0 Å². The molecule has 50 heavy (non-hydrogen) atoms. The Labute approximate surface area is 295 Å². The highest BCUT2D eigenvalue weighted by molar-refractivity contribution is 6.02. The van der Waals surface area contributed by atoms with Crippen LogP contribution in [0.25, 0.3) is 33.8 Å². The third kappa shape index (κ3) is 3.68. The maximum atomic E-state index is 9.65. The van der Waals surface area contributed by atoms with Gasteiger partial charge in [-0.05, 0) is 99.8 Å². The van der Waals surface area contributed by atoms with Crippen molar-refractivity contribution in [3.05, 3.63) is 177 Å². The van der Waals surface area contributed by atoms with Crippen LogP contribution in [0, 0.1) is 16.7 Å². The number of allylic oxidation sites excluding steroid dienone is 9. The number of hydrogen-bond donors (Lipinski definition) is 0. The molecule has 1 aromatic heterocycles. The second-order valence-electron chi connectivity index (χ2n) is 15.7. The number of hydrogen-bond acceptors (Lipinski definition) is 1. The predicted molar refractivity (Wildman–Crippen MR) is 206 cm³/mol. The molecule has 0 radical (unpaired) electrons. The smallest absolute Gasteiger partial charge is 0.0988 e. The van der Waals surface area contributed by atoms with Crippen LogP contribution in [0.2, 0.25) is 0 Å². The van der Waals surface area contributed by atoms with E-state index in [2.05, 4.69) is 153 Å². The molecular weight excluding hydrogens is 605 g/mol. The van der Waals surface area contributed by atoms with Gasteiger partial charge in [-0.15, -0.1) is 0 Å². The Bertz CT molecular complexity index is 2520. The molecule has 10 rings (SSSR count). The average molecular weight is 645 g/mol. The van der Waals surface area contributed by atoms with Crippen molar-refractivity contribution in [2.45, 2.75) is 63.7 Å². The molecule has 2 heteroatoms. The SMILES string of the molecule is CC1(C)C/C=C(C#N)\C=C/Cc2ccc(C3=CCC4(C)C(=C3)c3ccccc3C43c4ccccc4-n4c5c(c6cccc3c64)C=CCC5)cc21. The van der Waals surface area contributed by atoms with E-state index in [0.717, 1.165) is 37.7 Å². The van der Waals surface area contributed by atoms with Gasteiger partial charge in [-0.25, -0.2) is 0 Å². The summed E-state index contributed by atoms with van der Waals surface area (Å²) in [6, 6.07) is 35.1. The zero-order valence-corrected chi connectivity index (χ0v) is 29.1. The first-order valence-electron chi connectivity index (χ1n) is 18.2. The lowest BCUT2D eigenvalue weighted by Gasteiger charge is -2.50. The zero-order valence-electron chi connectivity index (χ0n) is 29.1. The Hall–Kier alpha value is -5.39. The molecular formula is C48H40N2. The number of para-hydroxylation sites is 2. The average Bonchev–Trinajstić information content (AvgIpc) is 3.61. The predicted octanol–water partition coefficient (Wildman–Crippen LogP) is 11.4. The monoisotopic (exact) mass is 644 g/mol. The third-order valence-electron chi connectivity index (χ3n) is 12.8. The Kier molecular flexibility index (Phi) is 6.09. The van der Waals surface area contributed by atoms with Gasteiger partial charge in [0.1, 0.15) is 0 Å². The molecule has 2 nitrogen and oxygen atoms in total. The molecule has 0 saturated carbocycles. The van der Waals surface area contributed by atoms with Crippen molar-refractivity contribution in [2.75, 3.05) is 0 Å². The second-order valence-corrected chi connectivity index (χ2v) is 15.7. The van der Waals surface area contributed by atoms with E-state index >= 15 is 0 Å². The molecule has 4 aromatic carbocycles. The van der Waals surface area contributed by atoms with Crippen LogP contribution in [-0.4, -0.2) is 4.57 Å². The van der Waals surface area contributed by atoms with Crippen LogP contribution < -0.4 is 0 Å². The number of nitriles is 1. The second kappa shape index (κ2) is 10.3. The largest absolute Gasteiger partial charge is 0.312 e. The standard InChI is InChI=1S/C48H40N2/c1-46(2)26-24-31(30-49)12-10-13-32-22-23-33(28-41(32)46)34-25-27-47(3)42(29-34)37-15-4-6-17-38(37)48(47)39-18-7-9-21-44(39)50-43-20-8-5-14-35(43)36-16-11-19-40(48)45(36)50/h4-7,9-12,14-19,21-25,28-29H,8,13,20,26-27H2,1-3H3/b12-10-,31-24+. The summed E-state index contributed by atoms with van der Waals surface area (Å²) < 4.78 is 2.62. The van der Waals surface area contributed by atoms with Gasteiger partial charge in [0.25, 0.3) is 0 Å². The molecule has 4 aliphatic carbocycles. The summed E-state index contributed by atoms with van der Waals surface area (Å²) in [7, 11) is 0. The molecule has 0 fully saturated rings. The first kappa shape index (κ1) is 29.5. The minimum Gasteiger partial charge on any atom is -0.312 e. The molecule has 2 unspecified atom stereocenters. The Morgan fingerprint density at radius 1 is 0.760 bits per heavy atom. The number of benzene rings is 4. The molecule has 1 spiro atoms. The molecule has 0 saturated heterocycles. The number of nitrogens with zero attached hydrogens (tertiary/aromatic N) is 2. The zero-order chi connectivity index (χ0) is 33.8. The Morgan fingerprint density at radius 3 is 2.46 bits per heavy atom. The van der Waals surface area contributed by atoms with Crippen molar-refractivity contribution >= 4 is 28.1 Å². The Morgan fingerprint density at radius 2 is 1.58 bits per heavy atom. The van der Waals surface area contributed by atoms with Crippen LogP contribution in [0.15, 0.2) is 127 Å². The molecule has 5 aromatic rings. The van der Waals surface area contributed by atoms with E-state index in [1.807, 2.05) is 6.08 Å². The van der Waals surface area contributed by atoms with Gasteiger partial charge in [0, 0.05) is 27.6 Å². The van der Waals surface area contributed by atoms with Crippen LogP contribution in [-0.2, 0) is 23.7 Å². The van der Waals surface area contributed by atoms with Crippen molar-refractivity contribution in [1.29, 1.82) is 5.26 Å².